The summed E-state index contributed by atoms with van der Waals surface area (Å²) in [6.07, 6.45) is 0. The predicted octanol–water partition coefficient (Wildman–Crippen LogP) is 3.38. The third kappa shape index (κ3) is 10.2. The van der Waals surface area contributed by atoms with Gasteiger partial charge in [0.25, 0.3) is 19.7 Å². The van der Waals surface area contributed by atoms with Gasteiger partial charge < -0.3 is 15.4 Å². The lowest BCUT2D eigenvalue weighted by atomic mass is 10.4. The molecule has 0 amide bonds. The fourth-order valence-electron chi connectivity index (χ4n) is 3.56. The Labute approximate surface area is 279 Å². The summed E-state index contributed by atoms with van der Waals surface area (Å²) >= 11 is 1.33. The van der Waals surface area contributed by atoms with Gasteiger partial charge in [0.1, 0.15) is 0 Å². The summed E-state index contributed by atoms with van der Waals surface area (Å²) in [7, 11) is -12.4. The molecule has 4 aromatic carbocycles. The second-order valence-corrected chi connectivity index (χ2v) is 15.9. The lowest BCUT2D eigenvalue weighted by molar-refractivity contribution is -0.832. The lowest BCUT2D eigenvalue weighted by Gasteiger charge is -2.02. The molecule has 1 aromatic heterocycles. The van der Waals surface area contributed by atoms with Gasteiger partial charge in [0.15, 0.2) is 15.6 Å². The maximum Gasteiger partial charge on any atom is 0.355 e. The zero-order valence-electron chi connectivity index (χ0n) is 24.5. The van der Waals surface area contributed by atoms with Gasteiger partial charge in [0.05, 0.1) is 25.6 Å². The van der Waals surface area contributed by atoms with Crippen LogP contribution in [0.15, 0.2) is 156 Å². The minimum Gasteiger partial charge on any atom is -0.481 e. The Hall–Kier alpha value is -5.04. The molecule has 0 bridgehead atoms. The standard InChI is InChI=1S/C14H10N2O6S2.C8H8O4S.C8H8O2S/c17-16-14(24(20,21)12-9-5-2-6-10-12)13(15-22-16)23(18,19)11-7-3-1-4-8-11;9-8(10)6-13(11,12)7-4-2-1-3-5-7;9-8(10)6-11-7-4-2-1-3-5-7/h1-10H;1-5H,6H2,(H,9,10);1-5H,6H2,(H,9,10). The normalized spacial score (nSPS) is 11.2. The van der Waals surface area contributed by atoms with Crippen molar-refractivity contribution in [3.8, 4) is 0 Å². The van der Waals surface area contributed by atoms with Gasteiger partial charge in [0.2, 0.25) is 0 Å². The summed E-state index contributed by atoms with van der Waals surface area (Å²) < 4.78 is 77.3. The third-order valence-corrected chi connectivity index (χ3v) is 11.8. The molecule has 0 saturated heterocycles. The summed E-state index contributed by atoms with van der Waals surface area (Å²) in [6, 6.07) is 31.0. The number of hydrogen-bond acceptors (Lipinski definition) is 12. The number of carboxylic acids is 2. The molecule has 18 heteroatoms. The van der Waals surface area contributed by atoms with Crippen molar-refractivity contribution in [3.05, 3.63) is 127 Å². The van der Waals surface area contributed by atoms with Gasteiger partial charge in [-0.15, -0.1) is 11.8 Å². The van der Waals surface area contributed by atoms with Crippen molar-refractivity contribution in [1.82, 2.24) is 5.16 Å². The van der Waals surface area contributed by atoms with Crippen LogP contribution in [0.2, 0.25) is 0 Å². The van der Waals surface area contributed by atoms with Gasteiger partial charge in [-0.1, -0.05) is 72.8 Å². The number of carbonyl (C=O) groups is 2. The smallest absolute Gasteiger partial charge is 0.355 e. The first-order chi connectivity index (χ1) is 22.7. The average Bonchev–Trinajstić information content (AvgIpc) is 3.48. The number of nitrogens with zero attached hydrogens (tertiary/aromatic N) is 2. The highest BCUT2D eigenvalue weighted by Gasteiger charge is 2.41. The van der Waals surface area contributed by atoms with E-state index in [2.05, 4.69) is 9.79 Å². The number of thioether (sulfide) groups is 1. The van der Waals surface area contributed by atoms with Crippen LogP contribution in [0.3, 0.4) is 0 Å². The molecular formula is C30H26N2O12S4. The Bertz CT molecular complexity index is 2140. The van der Waals surface area contributed by atoms with Crippen molar-refractivity contribution in [3.63, 3.8) is 0 Å². The van der Waals surface area contributed by atoms with Gasteiger partial charge in [-0.05, 0) is 53.4 Å². The van der Waals surface area contributed by atoms with Crippen LogP contribution in [0.4, 0.5) is 0 Å². The van der Waals surface area contributed by atoms with Gasteiger partial charge in [-0.2, -0.15) is 0 Å². The molecule has 2 N–H and O–H groups in total. The molecule has 252 valence electrons. The molecule has 1 heterocycles. The van der Waals surface area contributed by atoms with Crippen molar-refractivity contribution < 1.29 is 54.6 Å². The number of benzene rings is 4. The largest absolute Gasteiger partial charge is 0.481 e. The molecule has 0 radical (unpaired) electrons. The van der Waals surface area contributed by atoms with Crippen LogP contribution in [0.25, 0.3) is 0 Å². The van der Waals surface area contributed by atoms with E-state index in [1.54, 1.807) is 30.3 Å². The van der Waals surface area contributed by atoms with Crippen LogP contribution in [0.1, 0.15) is 0 Å². The molecule has 5 rings (SSSR count). The van der Waals surface area contributed by atoms with Crippen molar-refractivity contribution in [1.29, 1.82) is 0 Å². The number of hydrogen-bond donors (Lipinski definition) is 2. The molecule has 14 nitrogen and oxygen atoms in total. The Morgan fingerprint density at radius 3 is 1.50 bits per heavy atom. The number of carboxylic acid groups (broad SMARTS) is 2. The maximum atomic E-state index is 12.6. The third-order valence-electron chi connectivity index (χ3n) is 5.68. The van der Waals surface area contributed by atoms with E-state index in [-0.39, 0.29) is 20.4 Å². The average molecular weight is 735 g/mol. The van der Waals surface area contributed by atoms with Crippen molar-refractivity contribution in [2.24, 2.45) is 0 Å². The monoisotopic (exact) mass is 734 g/mol. The van der Waals surface area contributed by atoms with Crippen LogP contribution >= 0.6 is 11.8 Å². The van der Waals surface area contributed by atoms with E-state index >= 15 is 0 Å². The number of rotatable bonds is 10. The molecule has 0 spiro atoms. The maximum absolute atomic E-state index is 12.6. The van der Waals surface area contributed by atoms with E-state index in [0.717, 1.165) is 4.90 Å². The number of sulfone groups is 3. The number of aromatic nitrogens is 2. The SMILES string of the molecule is O=C(O)CS(=O)(=O)c1ccccc1.O=C(O)CSc1ccccc1.O=S(=O)(c1ccccc1)c1no[n+]([O-])c1S(=O)(=O)c1ccccc1. The van der Waals surface area contributed by atoms with Gasteiger partial charge in [-0.25, -0.2) is 25.3 Å². The molecule has 0 atom stereocenters. The van der Waals surface area contributed by atoms with Gasteiger partial charge in [0, 0.05) is 4.90 Å². The molecular weight excluding hydrogens is 709 g/mol. The minimum absolute atomic E-state index is 0.0393. The first kappa shape index (κ1) is 37.4. The lowest BCUT2D eigenvalue weighted by Crippen LogP contribution is -2.31. The quantitative estimate of drug-likeness (QED) is 0.155. The molecule has 5 aromatic rings. The first-order valence-electron chi connectivity index (χ1n) is 13.3. The molecule has 0 fully saturated rings. The van der Waals surface area contributed by atoms with Crippen LogP contribution in [0, 0.1) is 5.21 Å². The van der Waals surface area contributed by atoms with E-state index in [0.29, 0.717) is 0 Å². The molecule has 0 aliphatic heterocycles. The van der Waals surface area contributed by atoms with Gasteiger partial charge >= 0.3 is 22.0 Å². The van der Waals surface area contributed by atoms with Crippen molar-refractivity contribution >= 4 is 53.2 Å². The summed E-state index contributed by atoms with van der Waals surface area (Å²) in [4.78, 5) is 20.5. The summed E-state index contributed by atoms with van der Waals surface area (Å²) in [6.45, 7) is 0. The molecule has 0 unspecified atom stereocenters. The molecule has 0 saturated carbocycles. The summed E-state index contributed by atoms with van der Waals surface area (Å²) in [5, 5.41) is 29.6. The van der Waals surface area contributed by atoms with Crippen LogP contribution in [-0.2, 0) is 39.1 Å². The Morgan fingerprint density at radius 2 is 1.06 bits per heavy atom. The van der Waals surface area contributed by atoms with Crippen LogP contribution in [0.5, 0.6) is 0 Å². The second-order valence-electron chi connectivity index (χ2n) is 9.13. The predicted molar refractivity (Wildman–Crippen MR) is 170 cm³/mol. The highest BCUT2D eigenvalue weighted by molar-refractivity contribution is 8.00. The van der Waals surface area contributed by atoms with E-state index in [4.69, 9.17) is 10.2 Å². The van der Waals surface area contributed by atoms with E-state index in [9.17, 15) is 40.0 Å². The van der Waals surface area contributed by atoms with Crippen LogP contribution < -0.4 is 4.90 Å². The fourth-order valence-corrected chi connectivity index (χ4v) is 8.34. The zero-order valence-corrected chi connectivity index (χ0v) is 27.7. The Morgan fingerprint density at radius 1 is 0.646 bits per heavy atom. The van der Waals surface area contributed by atoms with Crippen LogP contribution in [-0.4, -0.2) is 64.1 Å². The summed E-state index contributed by atoms with van der Waals surface area (Å²) in [5.41, 5.74) is 0. The zero-order chi connectivity index (χ0) is 35.4. The molecule has 0 aliphatic rings. The Balaban J connectivity index is 0.000000219. The topological polar surface area (TPSA) is 230 Å². The highest BCUT2D eigenvalue weighted by Crippen LogP contribution is 2.27. The fraction of sp³-hybridized carbons (Fsp3) is 0.0667. The highest BCUT2D eigenvalue weighted by atomic mass is 32.2. The minimum atomic E-state index is -4.43. The first-order valence-corrected chi connectivity index (χ1v) is 18.9. The van der Waals surface area contributed by atoms with E-state index in [1.807, 2.05) is 30.3 Å². The number of aliphatic carboxylic acids is 2. The summed E-state index contributed by atoms with van der Waals surface area (Å²) in [5.74, 6) is -2.86. The molecule has 48 heavy (non-hydrogen) atoms. The second kappa shape index (κ2) is 16.7. The van der Waals surface area contributed by atoms with E-state index in [1.165, 1.54) is 72.4 Å². The van der Waals surface area contributed by atoms with Crippen molar-refractivity contribution in [2.45, 2.75) is 29.6 Å². The van der Waals surface area contributed by atoms with Gasteiger partial charge in [-0.3, -0.25) is 14.2 Å². The molecule has 0 aliphatic carbocycles. The Kier molecular flexibility index (Phi) is 13.0. The van der Waals surface area contributed by atoms with E-state index < -0.39 is 62.2 Å². The van der Waals surface area contributed by atoms with Crippen molar-refractivity contribution in [2.75, 3.05) is 11.5 Å².